The standard InChI is InChI=1S/C33H43N5O5/c1-22(2)38-30-28(32(39)36(33(38)40)17-9-19-42-27-12-7-8-18-41-27)37(20-24-10-5-4-6-11-24)29(35-30)26-16-13-23(3)34-31(26)43-21-25-14-15-25/h4-6,10-11,13,16,22,25,27,29,35H,7-9,12,14-15,17-21H2,1-3H3. The van der Waals surface area contributed by atoms with Gasteiger partial charge in [-0.15, -0.1) is 0 Å². The molecule has 3 aliphatic rings. The number of nitrogens with one attached hydrogen (secondary N) is 1. The van der Waals surface area contributed by atoms with Crippen molar-refractivity contribution >= 4 is 11.5 Å². The molecular formula is C33H43N5O5. The number of pyridine rings is 1. The maximum absolute atomic E-state index is 14.2. The normalized spacial score (nSPS) is 19.9. The Labute approximate surface area is 252 Å². The Hall–Kier alpha value is -3.63. The Morgan fingerprint density at radius 3 is 2.60 bits per heavy atom. The lowest BCUT2D eigenvalue weighted by atomic mass is 10.1. The largest absolute Gasteiger partial charge is 0.477 e. The second kappa shape index (κ2) is 12.9. The molecule has 4 heterocycles. The van der Waals surface area contributed by atoms with Gasteiger partial charge in [0.05, 0.1) is 18.8 Å². The Morgan fingerprint density at radius 1 is 1.07 bits per heavy atom. The topological polar surface area (TPSA) is 99.9 Å². The van der Waals surface area contributed by atoms with Gasteiger partial charge in [-0.05, 0) is 82.9 Å². The van der Waals surface area contributed by atoms with Gasteiger partial charge in [-0.2, -0.15) is 0 Å². The van der Waals surface area contributed by atoms with Gasteiger partial charge in [-0.3, -0.25) is 13.9 Å². The van der Waals surface area contributed by atoms with Crippen LogP contribution in [0.2, 0.25) is 0 Å². The molecule has 6 rings (SSSR count). The number of hydrogen-bond acceptors (Lipinski definition) is 8. The third-order valence-electron chi connectivity index (χ3n) is 8.38. The van der Waals surface area contributed by atoms with Gasteiger partial charge in [0, 0.05) is 31.4 Å². The van der Waals surface area contributed by atoms with Crippen LogP contribution in [0.15, 0.2) is 52.1 Å². The zero-order chi connectivity index (χ0) is 29.9. The number of aromatic nitrogens is 3. The maximum Gasteiger partial charge on any atom is 0.332 e. The fraction of sp³-hybridized carbons (Fsp3) is 0.545. The second-order valence-electron chi connectivity index (χ2n) is 12.2. The molecule has 0 bridgehead atoms. The number of anilines is 2. The van der Waals surface area contributed by atoms with Crippen LogP contribution >= 0.6 is 0 Å². The summed E-state index contributed by atoms with van der Waals surface area (Å²) >= 11 is 0. The van der Waals surface area contributed by atoms with Crippen molar-refractivity contribution in [3.63, 3.8) is 0 Å². The lowest BCUT2D eigenvalue weighted by Gasteiger charge is -2.28. The van der Waals surface area contributed by atoms with Crippen molar-refractivity contribution < 1.29 is 14.2 Å². The number of fused-ring (bicyclic) bond motifs is 1. The van der Waals surface area contributed by atoms with E-state index < -0.39 is 6.17 Å². The number of nitrogens with zero attached hydrogens (tertiary/aromatic N) is 4. The van der Waals surface area contributed by atoms with Gasteiger partial charge in [0.25, 0.3) is 5.56 Å². The van der Waals surface area contributed by atoms with E-state index in [0.717, 1.165) is 36.1 Å². The van der Waals surface area contributed by atoms with Crippen molar-refractivity contribution in [2.45, 2.75) is 90.9 Å². The van der Waals surface area contributed by atoms with Crippen molar-refractivity contribution in [2.24, 2.45) is 5.92 Å². The Kier molecular flexibility index (Phi) is 8.85. The fourth-order valence-electron chi connectivity index (χ4n) is 5.89. The molecule has 0 spiro atoms. The average molecular weight is 590 g/mol. The molecule has 1 N–H and O–H groups in total. The summed E-state index contributed by atoms with van der Waals surface area (Å²) < 4.78 is 20.9. The van der Waals surface area contributed by atoms with Gasteiger partial charge in [0.2, 0.25) is 5.88 Å². The van der Waals surface area contributed by atoms with Crippen LogP contribution in [0.3, 0.4) is 0 Å². The molecule has 2 aromatic heterocycles. The molecule has 2 atom stereocenters. The first-order chi connectivity index (χ1) is 20.9. The summed E-state index contributed by atoms with van der Waals surface area (Å²) in [6.07, 6.45) is 5.24. The third kappa shape index (κ3) is 6.50. The highest BCUT2D eigenvalue weighted by Gasteiger charge is 2.39. The van der Waals surface area contributed by atoms with Crippen LogP contribution in [0, 0.1) is 12.8 Å². The zero-order valence-corrected chi connectivity index (χ0v) is 25.5. The lowest BCUT2D eigenvalue weighted by molar-refractivity contribution is -0.163. The highest BCUT2D eigenvalue weighted by molar-refractivity contribution is 5.73. The summed E-state index contributed by atoms with van der Waals surface area (Å²) in [7, 11) is 0. The van der Waals surface area contributed by atoms with Crippen molar-refractivity contribution in [2.75, 3.05) is 30.0 Å². The van der Waals surface area contributed by atoms with Gasteiger partial charge in [-0.1, -0.05) is 30.3 Å². The lowest BCUT2D eigenvalue weighted by Crippen LogP contribution is -2.42. The van der Waals surface area contributed by atoms with E-state index >= 15 is 0 Å². The van der Waals surface area contributed by atoms with Gasteiger partial charge < -0.3 is 24.4 Å². The van der Waals surface area contributed by atoms with Crippen molar-refractivity contribution in [1.29, 1.82) is 0 Å². The third-order valence-corrected chi connectivity index (χ3v) is 8.38. The minimum absolute atomic E-state index is 0.174. The van der Waals surface area contributed by atoms with Crippen LogP contribution in [0.5, 0.6) is 5.88 Å². The summed E-state index contributed by atoms with van der Waals surface area (Å²) in [6, 6.07) is 13.9. The first kappa shape index (κ1) is 29.4. The predicted molar refractivity (Wildman–Crippen MR) is 166 cm³/mol. The van der Waals surface area contributed by atoms with Gasteiger partial charge >= 0.3 is 5.69 Å². The van der Waals surface area contributed by atoms with Crippen LogP contribution in [0.1, 0.15) is 81.4 Å². The first-order valence-corrected chi connectivity index (χ1v) is 15.7. The predicted octanol–water partition coefficient (Wildman–Crippen LogP) is 5.15. The molecule has 0 amide bonds. The summed E-state index contributed by atoms with van der Waals surface area (Å²) in [5.41, 5.74) is 2.60. The monoisotopic (exact) mass is 589 g/mol. The van der Waals surface area contributed by atoms with Crippen LogP contribution in [0.4, 0.5) is 11.5 Å². The number of rotatable bonds is 12. The van der Waals surface area contributed by atoms with Crippen LogP contribution in [-0.2, 0) is 22.6 Å². The van der Waals surface area contributed by atoms with E-state index in [1.165, 1.54) is 17.4 Å². The summed E-state index contributed by atoms with van der Waals surface area (Å²) in [5.74, 6) is 1.66. The Bertz CT molecular complexity index is 1530. The molecule has 1 aromatic carbocycles. The Balaban J connectivity index is 1.37. The van der Waals surface area contributed by atoms with Gasteiger partial charge in [0.1, 0.15) is 17.7 Å². The minimum Gasteiger partial charge on any atom is -0.477 e. The molecule has 10 nitrogen and oxygen atoms in total. The van der Waals surface area contributed by atoms with Crippen LogP contribution < -0.4 is 26.2 Å². The van der Waals surface area contributed by atoms with E-state index in [1.54, 1.807) is 4.57 Å². The molecule has 1 aliphatic carbocycles. The highest BCUT2D eigenvalue weighted by Crippen LogP contribution is 2.43. The summed E-state index contributed by atoms with van der Waals surface area (Å²) in [5, 5.41) is 3.57. The molecule has 3 aromatic rings. The Morgan fingerprint density at radius 2 is 1.88 bits per heavy atom. The fourth-order valence-corrected chi connectivity index (χ4v) is 5.89. The van der Waals surface area contributed by atoms with E-state index in [9.17, 15) is 9.59 Å². The van der Waals surface area contributed by atoms with E-state index in [1.807, 2.05) is 51.1 Å². The van der Waals surface area contributed by atoms with Crippen LogP contribution in [0.25, 0.3) is 0 Å². The van der Waals surface area contributed by atoms with Crippen molar-refractivity contribution in [3.8, 4) is 5.88 Å². The van der Waals surface area contributed by atoms with Crippen molar-refractivity contribution in [3.05, 3.63) is 80.1 Å². The molecule has 10 heteroatoms. The molecular weight excluding hydrogens is 546 g/mol. The molecule has 2 fully saturated rings. The quantitative estimate of drug-likeness (QED) is 0.290. The number of benzene rings is 1. The zero-order valence-electron chi connectivity index (χ0n) is 25.5. The van der Waals surface area contributed by atoms with E-state index in [0.29, 0.717) is 56.1 Å². The molecule has 2 unspecified atom stereocenters. The molecule has 1 saturated carbocycles. The number of hydrogen-bond donors (Lipinski definition) is 1. The SMILES string of the molecule is Cc1ccc(C2Nc3c(c(=O)n(CCCOC4CCCCO4)c(=O)n3C(C)C)N2Cc2ccccc2)c(OCC2CC2)n1. The molecule has 2 aliphatic heterocycles. The minimum atomic E-state index is -0.447. The molecule has 43 heavy (non-hydrogen) atoms. The number of ether oxygens (including phenoxy) is 3. The van der Waals surface area contributed by atoms with Crippen LogP contribution in [-0.4, -0.2) is 40.2 Å². The molecule has 230 valence electrons. The summed E-state index contributed by atoms with van der Waals surface area (Å²) in [4.78, 5) is 34.9. The average Bonchev–Trinajstić information content (AvgIpc) is 3.77. The van der Waals surface area contributed by atoms with Gasteiger partial charge in [-0.25, -0.2) is 9.78 Å². The maximum atomic E-state index is 14.2. The van der Waals surface area contributed by atoms with Gasteiger partial charge in [0.15, 0.2) is 6.29 Å². The molecule has 1 saturated heterocycles. The second-order valence-corrected chi connectivity index (χ2v) is 12.2. The first-order valence-electron chi connectivity index (χ1n) is 15.7. The smallest absolute Gasteiger partial charge is 0.332 e. The molecule has 0 radical (unpaired) electrons. The highest BCUT2D eigenvalue weighted by atomic mass is 16.7. The van der Waals surface area contributed by atoms with E-state index in [4.69, 9.17) is 19.2 Å². The van der Waals surface area contributed by atoms with E-state index in [2.05, 4.69) is 22.3 Å². The number of aryl methyl sites for hydroxylation is 1. The summed E-state index contributed by atoms with van der Waals surface area (Å²) in [6.45, 7) is 8.36. The van der Waals surface area contributed by atoms with E-state index in [-0.39, 0.29) is 30.1 Å². The van der Waals surface area contributed by atoms with Crippen molar-refractivity contribution in [1.82, 2.24) is 14.1 Å².